The third kappa shape index (κ3) is 2.41. The number of rotatable bonds is 4. The van der Waals surface area contributed by atoms with E-state index in [1.54, 1.807) is 12.4 Å². The quantitative estimate of drug-likeness (QED) is 0.929. The molecule has 5 heteroatoms. The first kappa shape index (κ1) is 13.1. The minimum atomic E-state index is 0.0438. The van der Waals surface area contributed by atoms with E-state index in [1.807, 2.05) is 24.0 Å². The Balaban J connectivity index is 1.82. The summed E-state index contributed by atoms with van der Waals surface area (Å²) in [7, 11) is 0. The van der Waals surface area contributed by atoms with Gasteiger partial charge in [-0.25, -0.2) is 4.98 Å². The molecule has 1 amide bonds. The number of nitrogens with zero attached hydrogens (tertiary/aromatic N) is 2. The first-order valence-electron chi connectivity index (χ1n) is 7.12. The predicted octanol–water partition coefficient (Wildman–Crippen LogP) is 2.20. The Hall–Kier alpha value is -1.88. The molecule has 0 aliphatic carbocycles. The number of likely N-dealkylation sites (N-methyl/N-ethyl adjacent to an activating group) is 1. The number of carbonyl (C=O) groups excluding carboxylic acids is 1. The summed E-state index contributed by atoms with van der Waals surface area (Å²) in [6, 6.07) is 3.77. The van der Waals surface area contributed by atoms with Crippen LogP contribution in [0.3, 0.4) is 0 Å². The number of ether oxygens (including phenoxy) is 1. The summed E-state index contributed by atoms with van der Waals surface area (Å²) in [5.41, 5.74) is 1.44. The van der Waals surface area contributed by atoms with Crippen molar-refractivity contribution in [2.24, 2.45) is 0 Å². The number of hydrogen-bond acceptors (Lipinski definition) is 3. The number of carbonyl (C=O) groups is 1. The molecule has 2 aromatic rings. The molecule has 0 spiro atoms. The second-order valence-corrected chi connectivity index (χ2v) is 5.08. The van der Waals surface area contributed by atoms with E-state index in [-0.39, 0.29) is 12.0 Å². The number of fused-ring (bicyclic) bond motifs is 1. The molecule has 1 unspecified atom stereocenters. The molecular weight excluding hydrogens is 254 g/mol. The maximum atomic E-state index is 12.7. The van der Waals surface area contributed by atoms with Gasteiger partial charge < -0.3 is 14.6 Å². The third-order valence-electron chi connectivity index (χ3n) is 3.80. The molecule has 20 heavy (non-hydrogen) atoms. The summed E-state index contributed by atoms with van der Waals surface area (Å²) in [5, 5.41) is 0.878. The van der Waals surface area contributed by atoms with Crippen molar-refractivity contribution in [1.29, 1.82) is 0 Å². The second kappa shape index (κ2) is 5.63. The van der Waals surface area contributed by atoms with Crippen molar-refractivity contribution in [1.82, 2.24) is 14.9 Å². The zero-order valence-electron chi connectivity index (χ0n) is 11.6. The highest BCUT2D eigenvalue weighted by Crippen LogP contribution is 2.19. The summed E-state index contributed by atoms with van der Waals surface area (Å²) in [4.78, 5) is 21.8. The Kier molecular flexibility index (Phi) is 3.69. The molecule has 1 fully saturated rings. The van der Waals surface area contributed by atoms with Crippen LogP contribution in [0.25, 0.3) is 11.0 Å². The summed E-state index contributed by atoms with van der Waals surface area (Å²) < 4.78 is 5.63. The largest absolute Gasteiger partial charge is 0.376 e. The topological polar surface area (TPSA) is 58.2 Å². The summed E-state index contributed by atoms with van der Waals surface area (Å²) in [5.74, 6) is 0.0438. The number of H-pyrrole nitrogens is 1. The minimum absolute atomic E-state index is 0.0438. The van der Waals surface area contributed by atoms with Crippen LogP contribution in [-0.2, 0) is 4.74 Å². The highest BCUT2D eigenvalue weighted by atomic mass is 16.5. The molecule has 5 nitrogen and oxygen atoms in total. The number of amides is 1. The van der Waals surface area contributed by atoms with E-state index < -0.39 is 0 Å². The lowest BCUT2D eigenvalue weighted by molar-refractivity contribution is 0.0540. The first-order chi connectivity index (χ1) is 9.79. The van der Waals surface area contributed by atoms with E-state index in [0.29, 0.717) is 18.7 Å². The van der Waals surface area contributed by atoms with E-state index in [9.17, 15) is 4.79 Å². The Bertz CT molecular complexity index is 602. The van der Waals surface area contributed by atoms with Gasteiger partial charge in [-0.1, -0.05) is 0 Å². The maximum Gasteiger partial charge on any atom is 0.256 e. The molecule has 0 bridgehead atoms. The highest BCUT2D eigenvalue weighted by Gasteiger charge is 2.23. The molecular formula is C15H19N3O2. The van der Waals surface area contributed by atoms with Gasteiger partial charge in [0.2, 0.25) is 0 Å². The fraction of sp³-hybridized carbons (Fsp3) is 0.467. The number of aromatic amines is 1. The van der Waals surface area contributed by atoms with E-state index in [2.05, 4.69) is 9.97 Å². The number of pyridine rings is 1. The fourth-order valence-corrected chi connectivity index (χ4v) is 2.69. The Morgan fingerprint density at radius 1 is 1.60 bits per heavy atom. The second-order valence-electron chi connectivity index (χ2n) is 5.08. The van der Waals surface area contributed by atoms with E-state index in [0.717, 1.165) is 30.5 Å². The fourth-order valence-electron chi connectivity index (χ4n) is 2.69. The lowest BCUT2D eigenvalue weighted by atomic mass is 10.1. The number of nitrogens with one attached hydrogen (secondary N) is 1. The van der Waals surface area contributed by atoms with Crippen molar-refractivity contribution in [3.05, 3.63) is 30.1 Å². The van der Waals surface area contributed by atoms with Crippen LogP contribution in [0, 0.1) is 0 Å². The van der Waals surface area contributed by atoms with Gasteiger partial charge in [-0.2, -0.15) is 0 Å². The van der Waals surface area contributed by atoms with Gasteiger partial charge in [0.05, 0.1) is 11.7 Å². The van der Waals surface area contributed by atoms with Gasteiger partial charge in [0.15, 0.2) is 0 Å². The molecule has 1 atom stereocenters. The van der Waals surface area contributed by atoms with Gasteiger partial charge in [-0.3, -0.25) is 4.79 Å². The Labute approximate surface area is 117 Å². The molecule has 3 heterocycles. The normalized spacial score (nSPS) is 18.6. The van der Waals surface area contributed by atoms with E-state index >= 15 is 0 Å². The van der Waals surface area contributed by atoms with Gasteiger partial charge in [-0.15, -0.1) is 0 Å². The monoisotopic (exact) mass is 273 g/mol. The van der Waals surface area contributed by atoms with Crippen molar-refractivity contribution in [2.45, 2.75) is 25.9 Å². The van der Waals surface area contributed by atoms with Crippen molar-refractivity contribution in [3.63, 3.8) is 0 Å². The SMILES string of the molecule is CCN(CC1CCCO1)C(=O)c1c[nH]c2ncccc12. The summed E-state index contributed by atoms with van der Waals surface area (Å²) in [6.07, 6.45) is 5.78. The molecule has 3 rings (SSSR count). The molecule has 0 saturated carbocycles. The van der Waals surface area contributed by atoms with Crippen LogP contribution in [-0.4, -0.2) is 46.6 Å². The van der Waals surface area contributed by atoms with Gasteiger partial charge in [0.1, 0.15) is 5.65 Å². The van der Waals surface area contributed by atoms with Crippen LogP contribution < -0.4 is 0 Å². The molecule has 1 aliphatic heterocycles. The molecule has 1 saturated heterocycles. The standard InChI is InChI=1S/C15H19N3O2/c1-2-18(10-11-5-4-8-20-11)15(19)13-9-17-14-12(13)6-3-7-16-14/h3,6-7,9,11H,2,4-5,8,10H2,1H3,(H,16,17). The predicted molar refractivity (Wildman–Crippen MR) is 76.6 cm³/mol. The van der Waals surface area contributed by atoms with Gasteiger partial charge >= 0.3 is 0 Å². The van der Waals surface area contributed by atoms with Crippen LogP contribution in [0.1, 0.15) is 30.1 Å². The molecule has 2 aromatic heterocycles. The average molecular weight is 273 g/mol. The van der Waals surface area contributed by atoms with Gasteiger partial charge in [0, 0.05) is 37.5 Å². The lowest BCUT2D eigenvalue weighted by Gasteiger charge is -2.23. The van der Waals surface area contributed by atoms with E-state index in [4.69, 9.17) is 4.74 Å². The minimum Gasteiger partial charge on any atom is -0.376 e. The lowest BCUT2D eigenvalue weighted by Crippen LogP contribution is -2.37. The molecule has 1 N–H and O–H groups in total. The van der Waals surface area contributed by atoms with Crippen LogP contribution in [0.4, 0.5) is 0 Å². The van der Waals surface area contributed by atoms with Crippen LogP contribution in [0.15, 0.2) is 24.5 Å². The van der Waals surface area contributed by atoms with Gasteiger partial charge in [0.25, 0.3) is 5.91 Å². The smallest absolute Gasteiger partial charge is 0.256 e. The zero-order valence-corrected chi connectivity index (χ0v) is 11.6. The molecule has 1 aliphatic rings. The zero-order chi connectivity index (χ0) is 13.9. The van der Waals surface area contributed by atoms with Crippen molar-refractivity contribution >= 4 is 16.9 Å². The summed E-state index contributed by atoms with van der Waals surface area (Å²) in [6.45, 7) is 4.17. The summed E-state index contributed by atoms with van der Waals surface area (Å²) >= 11 is 0. The van der Waals surface area contributed by atoms with E-state index in [1.165, 1.54) is 0 Å². The molecule has 0 radical (unpaired) electrons. The molecule has 106 valence electrons. The van der Waals surface area contributed by atoms with Crippen LogP contribution in [0.5, 0.6) is 0 Å². The van der Waals surface area contributed by atoms with Crippen LogP contribution in [0.2, 0.25) is 0 Å². The van der Waals surface area contributed by atoms with Crippen molar-refractivity contribution in [2.75, 3.05) is 19.7 Å². The maximum absolute atomic E-state index is 12.7. The highest BCUT2D eigenvalue weighted by molar-refractivity contribution is 6.05. The average Bonchev–Trinajstić information content (AvgIpc) is 3.13. The number of hydrogen-bond donors (Lipinski definition) is 1. The number of aromatic nitrogens is 2. The van der Waals surface area contributed by atoms with Gasteiger partial charge in [-0.05, 0) is 31.9 Å². The Morgan fingerprint density at radius 2 is 2.50 bits per heavy atom. The Morgan fingerprint density at radius 3 is 3.25 bits per heavy atom. The molecule has 0 aromatic carbocycles. The van der Waals surface area contributed by atoms with Crippen molar-refractivity contribution < 1.29 is 9.53 Å². The van der Waals surface area contributed by atoms with Crippen LogP contribution >= 0.6 is 0 Å². The van der Waals surface area contributed by atoms with Crippen molar-refractivity contribution in [3.8, 4) is 0 Å². The third-order valence-corrected chi connectivity index (χ3v) is 3.80. The first-order valence-corrected chi connectivity index (χ1v) is 7.12.